The van der Waals surface area contributed by atoms with Crippen LogP contribution < -0.4 is 9.47 Å². The molecule has 1 rings (SSSR count). The van der Waals surface area contributed by atoms with E-state index in [-0.39, 0.29) is 41.0 Å². The minimum absolute atomic E-state index is 0.0664. The molecular formula is C15H24NO10RfSSi. The number of rotatable bonds is 14. The zero-order valence-electron chi connectivity index (χ0n) is 16.8. The van der Waals surface area contributed by atoms with Crippen LogP contribution in [0.3, 0.4) is 0 Å². The first-order valence-corrected chi connectivity index (χ1v) is 16.5. The van der Waals surface area contributed by atoms with Crippen molar-refractivity contribution < 1.29 is 40.3 Å². The number of methoxy groups -OCH3 is 1. The fraction of sp³-hybridized carbons (Fsp3) is 0.600. The first-order chi connectivity index (χ1) is 13.7. The molecule has 0 bridgehead atoms. The third kappa shape index (κ3) is 6.65. The molecule has 0 saturated carbocycles. The third-order valence-corrected chi connectivity index (χ3v) is 9.04. The van der Waals surface area contributed by atoms with Crippen molar-refractivity contribution >= 4 is 24.6 Å². The van der Waals surface area contributed by atoms with Crippen molar-refractivity contribution in [2.24, 2.45) is 0 Å². The summed E-state index contributed by atoms with van der Waals surface area (Å²) in [6.45, 7) is -0.498. The van der Waals surface area contributed by atoms with Crippen LogP contribution in [-0.4, -0.2) is 63.4 Å². The molecule has 0 spiro atoms. The summed E-state index contributed by atoms with van der Waals surface area (Å²) in [5, 5.41) is 11.4. The molecule has 0 fully saturated rings. The average molecular weight is 706 g/mol. The van der Waals surface area contributed by atoms with Crippen LogP contribution >= 0.6 is 0 Å². The standard InChI is InChI=1S/C15H24NO10SSi.Rf/c1-21-14-9-12(13(16(17)18)10-15(14)22-2)11-26-27(19,20)7-6-8-28(23-3,24-4)25-5;/h9-10H,2,6-8,11H2,1,3-5H3;. The van der Waals surface area contributed by atoms with Crippen LogP contribution in [0, 0.1) is 10.1 Å². The van der Waals surface area contributed by atoms with E-state index in [1.54, 1.807) is 0 Å². The van der Waals surface area contributed by atoms with E-state index in [4.69, 9.17) is 26.9 Å². The van der Waals surface area contributed by atoms with Crippen molar-refractivity contribution in [2.75, 3.05) is 41.3 Å². The summed E-state index contributed by atoms with van der Waals surface area (Å²) in [5.41, 5.74) is -0.235. The van der Waals surface area contributed by atoms with Gasteiger partial charge in [0.2, 0.25) is 0 Å². The molecule has 0 amide bonds. The Morgan fingerprint density at radius 1 is 1.10 bits per heavy atom. The molecule has 14 heteroatoms. The molecule has 0 aliphatic carbocycles. The Morgan fingerprint density at radius 2 is 1.72 bits per heavy atom. The van der Waals surface area contributed by atoms with Gasteiger partial charge in [0.1, 0.15) is 0 Å². The van der Waals surface area contributed by atoms with Crippen LogP contribution in [0.25, 0.3) is 0 Å². The van der Waals surface area contributed by atoms with Crippen LogP contribution in [0.2, 0.25) is 6.04 Å². The Morgan fingerprint density at radius 3 is 2.21 bits per heavy atom. The number of ether oxygens (including phenoxy) is 2. The van der Waals surface area contributed by atoms with Crippen molar-refractivity contribution in [2.45, 2.75) is 19.1 Å². The summed E-state index contributed by atoms with van der Waals surface area (Å²) >= 11 is 0. The Labute approximate surface area is 165 Å². The van der Waals surface area contributed by atoms with Crippen molar-refractivity contribution in [3.8, 4) is 11.5 Å². The van der Waals surface area contributed by atoms with Gasteiger partial charge in [-0.15, -0.1) is 0 Å². The molecule has 161 valence electrons. The monoisotopic (exact) mass is 705 g/mol. The van der Waals surface area contributed by atoms with E-state index in [1.807, 2.05) is 0 Å². The molecule has 0 aromatic heterocycles. The van der Waals surface area contributed by atoms with Gasteiger partial charge in [0.15, 0.2) is 0 Å². The van der Waals surface area contributed by atoms with Gasteiger partial charge >= 0.3 is 130 Å². The van der Waals surface area contributed by atoms with E-state index in [0.717, 1.165) is 0 Å². The molecule has 0 aliphatic rings. The molecule has 0 radical (unpaired) electrons. The van der Waals surface area contributed by atoms with E-state index in [1.165, 1.54) is 40.6 Å². The van der Waals surface area contributed by atoms with Crippen LogP contribution in [-0.2, 0) is 34.2 Å². The van der Waals surface area contributed by atoms with Gasteiger partial charge in [-0.2, -0.15) is 0 Å². The van der Waals surface area contributed by atoms with Gasteiger partial charge in [-0.1, -0.05) is 0 Å². The number of hydrogen-bond acceptors (Lipinski definition) is 10. The molecule has 0 unspecified atom stereocenters. The Balaban J connectivity index is 2.88. The Bertz CT molecular complexity index is 779. The van der Waals surface area contributed by atoms with E-state index < -0.39 is 30.5 Å². The second-order valence-corrected chi connectivity index (χ2v) is 12.4. The zero-order valence-corrected chi connectivity index (χ0v) is 25.1. The van der Waals surface area contributed by atoms with E-state index in [9.17, 15) is 18.5 Å². The van der Waals surface area contributed by atoms with Gasteiger partial charge < -0.3 is 13.3 Å². The summed E-state index contributed by atoms with van der Waals surface area (Å²) in [5.74, 6) is 0.202. The molecule has 0 aliphatic heterocycles. The molecule has 0 saturated heterocycles. The maximum atomic E-state index is 12.2. The molecule has 1 aromatic carbocycles. The first kappa shape index (κ1) is 24.3. The summed E-state index contributed by atoms with van der Waals surface area (Å²) in [6, 6.07) is 2.85. The topological polar surface area (TPSA) is 133 Å². The van der Waals surface area contributed by atoms with Crippen LogP contribution in [0.4, 0.5) is 5.69 Å². The molecule has 0 heterocycles. The number of hydrogen-bond donors (Lipinski definition) is 0. The molecule has 29 heavy (non-hydrogen) atoms. The first-order valence-electron chi connectivity index (χ1n) is 8.47. The second kappa shape index (κ2) is 10.7. The van der Waals surface area contributed by atoms with Crippen molar-refractivity contribution in [1.82, 2.24) is 0 Å². The average Bonchev–Trinajstić information content (AvgIpc) is 2.70. The van der Waals surface area contributed by atoms with E-state index in [0.29, 0.717) is 7.11 Å². The van der Waals surface area contributed by atoms with Crippen LogP contribution in [0.5, 0.6) is 11.5 Å². The normalized spacial score (nSPS) is 12.1. The number of nitrogens with zero attached hydrogens (tertiary/aromatic N) is 1. The Hall–Kier alpha value is -2.77. The van der Waals surface area contributed by atoms with Gasteiger partial charge in [0.05, 0.1) is 0 Å². The van der Waals surface area contributed by atoms with Gasteiger partial charge in [0.25, 0.3) is 0 Å². The predicted molar refractivity (Wildman–Crippen MR) is 99.9 cm³/mol. The molecule has 1 aromatic rings. The molecular weight excluding hydrogens is 681 g/mol. The van der Waals surface area contributed by atoms with Gasteiger partial charge in [-0.05, 0) is 0 Å². The molecule has 0 N–H and O–H groups in total. The fourth-order valence-electron chi connectivity index (χ4n) is 2.49. The minimum atomic E-state index is -3.94. The van der Waals surface area contributed by atoms with Crippen LogP contribution in [0.15, 0.2) is 12.1 Å². The van der Waals surface area contributed by atoms with Crippen molar-refractivity contribution in [3.63, 3.8) is 0 Å². The third-order valence-electron chi connectivity index (χ3n) is 4.02. The Kier molecular flexibility index (Phi) is 8.94. The quantitative estimate of drug-likeness (QED) is 0.122. The van der Waals surface area contributed by atoms with Gasteiger partial charge in [-0.3, -0.25) is 0 Å². The summed E-state index contributed by atoms with van der Waals surface area (Å²) < 4.78 is 56.0. The van der Waals surface area contributed by atoms with Crippen molar-refractivity contribution in [1.29, 1.82) is 0 Å². The number of benzene rings is 1. The zero-order chi connectivity index (χ0) is 22.1. The number of nitro groups is 1. The summed E-state index contributed by atoms with van der Waals surface area (Å²) in [7, 11) is -0.632. The summed E-state index contributed by atoms with van der Waals surface area (Å²) in [6.07, 6.45) is 0.185. The van der Waals surface area contributed by atoms with Crippen LogP contribution in [0.1, 0.15) is 12.0 Å². The predicted octanol–water partition coefficient (Wildman–Crippen LogP) is 1.60. The maximum absolute atomic E-state index is 12.2. The molecule has 0 atom stereocenters. The summed E-state index contributed by atoms with van der Waals surface area (Å²) in [4.78, 5) is 10.7. The van der Waals surface area contributed by atoms with Crippen molar-refractivity contribution in [3.05, 3.63) is 27.8 Å². The molecule has 11 nitrogen and oxygen atoms in total. The van der Waals surface area contributed by atoms with Gasteiger partial charge in [-0.25, -0.2) is 0 Å². The second-order valence-electron chi connectivity index (χ2n) is 5.66. The van der Waals surface area contributed by atoms with Gasteiger partial charge in [0, 0.05) is 21.3 Å². The van der Waals surface area contributed by atoms with E-state index >= 15 is 0 Å². The van der Waals surface area contributed by atoms with E-state index in [2.05, 4.69) is 0 Å². The number of nitro benzene ring substituents is 1. The SMILES string of the molecule is COc1cc(COS(=O)(=O)CCC[Si](OC)(OC)OC)c([N+](=O)[O-])cc1O[CH2][Rf]. The fourth-order valence-corrected chi connectivity index (χ4v) is 6.39.